The van der Waals surface area contributed by atoms with Crippen molar-refractivity contribution in [1.82, 2.24) is 0 Å². The molecule has 0 N–H and O–H groups in total. The van der Waals surface area contributed by atoms with Crippen molar-refractivity contribution in [3.63, 3.8) is 0 Å². The minimum atomic E-state index is -0.465. The van der Waals surface area contributed by atoms with Crippen LogP contribution in [0.4, 0.5) is 0 Å². The van der Waals surface area contributed by atoms with Crippen LogP contribution in [-0.2, 0) is 20.7 Å². The van der Waals surface area contributed by atoms with Crippen molar-refractivity contribution in [2.75, 3.05) is 14.2 Å². The van der Waals surface area contributed by atoms with Gasteiger partial charge in [0.2, 0.25) is 11.5 Å². The normalized spacial score (nSPS) is 21.8. The van der Waals surface area contributed by atoms with Crippen LogP contribution in [0.5, 0.6) is 17.2 Å². The van der Waals surface area contributed by atoms with E-state index in [1.165, 1.54) is 26.0 Å². The number of ether oxygens (including phenoxy) is 5. The summed E-state index contributed by atoms with van der Waals surface area (Å²) in [5, 5.41) is 0. The maximum Gasteiger partial charge on any atom is 0.338 e. The minimum Gasteiger partial charge on any atom is -0.497 e. The van der Waals surface area contributed by atoms with E-state index < -0.39 is 5.97 Å². The molecule has 0 bridgehead atoms. The van der Waals surface area contributed by atoms with Crippen molar-refractivity contribution in [3.8, 4) is 17.2 Å². The van der Waals surface area contributed by atoms with E-state index in [-0.39, 0.29) is 29.7 Å². The molecule has 1 heterocycles. The molecule has 0 spiro atoms. The van der Waals surface area contributed by atoms with Crippen LogP contribution in [0, 0.1) is 5.92 Å². The molecule has 7 heteroatoms. The Kier molecular flexibility index (Phi) is 6.87. The highest BCUT2D eigenvalue weighted by Crippen LogP contribution is 2.35. The Hall–Kier alpha value is -3.48. The lowest BCUT2D eigenvalue weighted by molar-refractivity contribution is -0.132. The Morgan fingerprint density at radius 2 is 1.70 bits per heavy atom. The molecule has 2 aromatic rings. The molecule has 0 amide bonds. The number of hydrogen-bond acceptors (Lipinski definition) is 7. The molecule has 3 atom stereocenters. The zero-order valence-electron chi connectivity index (χ0n) is 19.0. The molecule has 2 aliphatic rings. The smallest absolute Gasteiger partial charge is 0.338 e. The lowest BCUT2D eigenvalue weighted by Crippen LogP contribution is -2.43. The monoisotopic (exact) mass is 452 g/mol. The zero-order valence-corrected chi connectivity index (χ0v) is 19.0. The van der Waals surface area contributed by atoms with Crippen LogP contribution in [0.1, 0.15) is 42.1 Å². The molecular formula is C26H28O7. The molecule has 2 aromatic carbocycles. The van der Waals surface area contributed by atoms with Gasteiger partial charge in [-0.05, 0) is 49.1 Å². The number of hydrogen-bond donors (Lipinski definition) is 0. The molecule has 3 unspecified atom stereocenters. The first-order valence-electron chi connectivity index (χ1n) is 11.1. The number of Topliss-reactive ketones (excluding diaryl/α,β-unsaturated/α-hetero) is 1. The van der Waals surface area contributed by atoms with E-state index >= 15 is 0 Å². The highest BCUT2D eigenvalue weighted by Gasteiger charge is 2.42. The summed E-state index contributed by atoms with van der Waals surface area (Å²) in [7, 11) is 3.04. The van der Waals surface area contributed by atoms with Gasteiger partial charge in [0.1, 0.15) is 35.7 Å². The van der Waals surface area contributed by atoms with Gasteiger partial charge in [-0.2, -0.15) is 0 Å². The summed E-state index contributed by atoms with van der Waals surface area (Å²) >= 11 is 0. The Morgan fingerprint density at radius 1 is 1.00 bits per heavy atom. The van der Waals surface area contributed by atoms with Crippen molar-refractivity contribution in [1.29, 1.82) is 0 Å². The SMILES string of the molecule is CCc1ccc(OC2=COC3CC(OC(=O)c4cc(OC)cc(OC)c4)CCC3C2=O)cc1. The largest absolute Gasteiger partial charge is 0.497 e. The zero-order chi connectivity index (χ0) is 23.4. The van der Waals surface area contributed by atoms with E-state index in [4.69, 9.17) is 23.7 Å². The van der Waals surface area contributed by atoms with Gasteiger partial charge in [-0.25, -0.2) is 4.79 Å². The van der Waals surface area contributed by atoms with Gasteiger partial charge in [0.25, 0.3) is 0 Å². The third-order valence-electron chi connectivity index (χ3n) is 6.09. The molecule has 4 rings (SSSR count). The van der Waals surface area contributed by atoms with Crippen LogP contribution in [0.2, 0.25) is 0 Å². The summed E-state index contributed by atoms with van der Waals surface area (Å²) in [6.45, 7) is 2.08. The fraction of sp³-hybridized carbons (Fsp3) is 0.385. The highest BCUT2D eigenvalue weighted by atomic mass is 16.6. The number of benzene rings is 2. The summed E-state index contributed by atoms with van der Waals surface area (Å²) in [5.74, 6) is 0.971. The predicted molar refractivity (Wildman–Crippen MR) is 121 cm³/mol. The number of carbonyl (C=O) groups is 2. The fourth-order valence-electron chi connectivity index (χ4n) is 4.18. The van der Waals surface area contributed by atoms with Crippen LogP contribution in [-0.4, -0.2) is 38.2 Å². The first-order chi connectivity index (χ1) is 16.0. The quantitative estimate of drug-likeness (QED) is 0.573. The predicted octanol–water partition coefficient (Wildman–Crippen LogP) is 4.48. The van der Waals surface area contributed by atoms with Gasteiger partial charge in [0.05, 0.1) is 25.7 Å². The summed E-state index contributed by atoms with van der Waals surface area (Å²) in [6, 6.07) is 12.6. The maximum absolute atomic E-state index is 13.0. The summed E-state index contributed by atoms with van der Waals surface area (Å²) < 4.78 is 27.8. The first-order valence-corrected chi connectivity index (χ1v) is 11.1. The Morgan fingerprint density at radius 3 is 2.33 bits per heavy atom. The van der Waals surface area contributed by atoms with Crippen molar-refractivity contribution in [2.24, 2.45) is 5.92 Å². The van der Waals surface area contributed by atoms with E-state index in [1.54, 1.807) is 18.2 Å². The molecule has 33 heavy (non-hydrogen) atoms. The van der Waals surface area contributed by atoms with E-state index in [9.17, 15) is 9.59 Å². The standard InChI is InChI=1S/C26H28O7/c1-4-16-5-7-18(8-6-16)32-24-15-31-23-14-19(9-10-22(23)25(24)27)33-26(28)17-11-20(29-2)13-21(12-17)30-3/h5-8,11-13,15,19,22-23H,4,9-10,14H2,1-3H3. The molecule has 1 saturated carbocycles. The van der Waals surface area contributed by atoms with Gasteiger partial charge in [0, 0.05) is 12.5 Å². The molecule has 0 radical (unpaired) electrons. The van der Waals surface area contributed by atoms with Crippen molar-refractivity contribution in [2.45, 2.75) is 44.8 Å². The molecule has 174 valence electrons. The van der Waals surface area contributed by atoms with Crippen LogP contribution < -0.4 is 14.2 Å². The van der Waals surface area contributed by atoms with Crippen molar-refractivity contribution >= 4 is 11.8 Å². The fourth-order valence-corrected chi connectivity index (χ4v) is 4.18. The highest BCUT2D eigenvalue weighted by molar-refractivity contribution is 5.96. The molecule has 1 aliphatic carbocycles. The third-order valence-corrected chi connectivity index (χ3v) is 6.09. The number of aryl methyl sites for hydroxylation is 1. The van der Waals surface area contributed by atoms with Crippen LogP contribution in [0.15, 0.2) is 54.5 Å². The van der Waals surface area contributed by atoms with E-state index in [2.05, 4.69) is 6.92 Å². The van der Waals surface area contributed by atoms with Gasteiger partial charge in [-0.15, -0.1) is 0 Å². The molecule has 7 nitrogen and oxygen atoms in total. The summed E-state index contributed by atoms with van der Waals surface area (Å²) in [4.78, 5) is 25.7. The van der Waals surface area contributed by atoms with Gasteiger partial charge < -0.3 is 23.7 Å². The van der Waals surface area contributed by atoms with E-state index in [1.807, 2.05) is 24.3 Å². The summed E-state index contributed by atoms with van der Waals surface area (Å²) in [6.07, 6.45) is 3.19. The topological polar surface area (TPSA) is 80.3 Å². The van der Waals surface area contributed by atoms with Crippen molar-refractivity contribution < 1.29 is 33.3 Å². The lowest BCUT2D eigenvalue weighted by atomic mass is 9.80. The van der Waals surface area contributed by atoms with Crippen LogP contribution >= 0.6 is 0 Å². The van der Waals surface area contributed by atoms with E-state index in [0.717, 1.165) is 6.42 Å². The average Bonchev–Trinajstić information content (AvgIpc) is 2.85. The average molecular weight is 453 g/mol. The van der Waals surface area contributed by atoms with Crippen LogP contribution in [0.3, 0.4) is 0 Å². The van der Waals surface area contributed by atoms with Crippen molar-refractivity contribution in [3.05, 3.63) is 65.6 Å². The molecular weight excluding hydrogens is 424 g/mol. The number of rotatable bonds is 7. The van der Waals surface area contributed by atoms with Gasteiger partial charge in [0.15, 0.2) is 0 Å². The first kappa shape index (κ1) is 22.7. The number of allylic oxidation sites excluding steroid dienone is 1. The number of fused-ring (bicyclic) bond motifs is 1. The Balaban J connectivity index is 1.38. The van der Waals surface area contributed by atoms with Gasteiger partial charge in [-0.1, -0.05) is 19.1 Å². The number of esters is 1. The Labute approximate surface area is 193 Å². The maximum atomic E-state index is 13.0. The number of carbonyl (C=O) groups excluding carboxylic acids is 2. The molecule has 1 fully saturated rings. The second-order valence-corrected chi connectivity index (χ2v) is 8.17. The third kappa shape index (κ3) is 5.13. The second kappa shape index (κ2) is 9.98. The molecule has 0 aromatic heterocycles. The van der Waals surface area contributed by atoms with Gasteiger partial charge >= 0.3 is 5.97 Å². The lowest BCUT2D eigenvalue weighted by Gasteiger charge is -2.36. The van der Waals surface area contributed by atoms with Crippen LogP contribution in [0.25, 0.3) is 0 Å². The second-order valence-electron chi connectivity index (χ2n) is 8.17. The number of methoxy groups -OCH3 is 2. The Bertz CT molecular complexity index is 1020. The number of ketones is 1. The molecule has 0 saturated heterocycles. The summed E-state index contributed by atoms with van der Waals surface area (Å²) in [5.41, 5.74) is 1.54. The van der Waals surface area contributed by atoms with E-state index in [0.29, 0.717) is 42.1 Å². The minimum absolute atomic E-state index is 0.0758. The molecule has 1 aliphatic heterocycles. The van der Waals surface area contributed by atoms with Gasteiger partial charge in [-0.3, -0.25) is 4.79 Å².